The SMILES string of the molecule is CCc1ccc(-c2noc(CN3C(=O)N[C@](C)(C4CC4)C3=O)n2)cc1. The number of aromatic nitrogens is 2. The van der Waals surface area contributed by atoms with Crippen LogP contribution in [0.5, 0.6) is 0 Å². The third kappa shape index (κ3) is 2.69. The highest BCUT2D eigenvalue weighted by molar-refractivity contribution is 6.07. The van der Waals surface area contributed by atoms with Gasteiger partial charge in [-0.3, -0.25) is 9.69 Å². The van der Waals surface area contributed by atoms with E-state index in [1.165, 1.54) is 5.56 Å². The van der Waals surface area contributed by atoms with Crippen LogP contribution in [0.25, 0.3) is 11.4 Å². The Labute approximate surface area is 145 Å². The highest BCUT2D eigenvalue weighted by atomic mass is 16.5. The van der Waals surface area contributed by atoms with Gasteiger partial charge in [-0.25, -0.2) is 4.79 Å². The molecule has 2 aromatic rings. The fourth-order valence-electron chi connectivity index (χ4n) is 3.26. The van der Waals surface area contributed by atoms with Gasteiger partial charge in [-0.05, 0) is 37.7 Å². The van der Waals surface area contributed by atoms with E-state index < -0.39 is 11.6 Å². The minimum Gasteiger partial charge on any atom is -0.337 e. The Kier molecular flexibility index (Phi) is 3.59. The molecule has 0 unspecified atom stereocenters. The number of amides is 3. The van der Waals surface area contributed by atoms with Gasteiger partial charge in [0.15, 0.2) is 0 Å². The van der Waals surface area contributed by atoms with Crippen LogP contribution >= 0.6 is 0 Å². The molecular weight excluding hydrogens is 320 g/mol. The summed E-state index contributed by atoms with van der Waals surface area (Å²) in [6.45, 7) is 3.88. The van der Waals surface area contributed by atoms with E-state index in [-0.39, 0.29) is 24.3 Å². The number of hydrogen-bond acceptors (Lipinski definition) is 5. The Morgan fingerprint density at radius 2 is 2.00 bits per heavy atom. The summed E-state index contributed by atoms with van der Waals surface area (Å²) >= 11 is 0. The van der Waals surface area contributed by atoms with E-state index in [2.05, 4.69) is 22.4 Å². The number of hydrogen-bond donors (Lipinski definition) is 1. The fraction of sp³-hybridized carbons (Fsp3) is 0.444. The number of rotatable bonds is 5. The second kappa shape index (κ2) is 5.68. The van der Waals surface area contributed by atoms with Gasteiger partial charge >= 0.3 is 6.03 Å². The van der Waals surface area contributed by atoms with Crippen molar-refractivity contribution in [1.29, 1.82) is 0 Å². The zero-order chi connectivity index (χ0) is 17.6. The fourth-order valence-corrected chi connectivity index (χ4v) is 3.26. The van der Waals surface area contributed by atoms with Gasteiger partial charge in [0.05, 0.1) is 0 Å². The molecule has 1 aliphatic carbocycles. The van der Waals surface area contributed by atoms with Gasteiger partial charge in [0.25, 0.3) is 5.91 Å². The van der Waals surface area contributed by atoms with Crippen LogP contribution in [0.15, 0.2) is 28.8 Å². The maximum atomic E-state index is 12.6. The molecule has 2 aliphatic rings. The predicted octanol–water partition coefficient (Wildman–Crippen LogP) is 2.52. The van der Waals surface area contributed by atoms with E-state index >= 15 is 0 Å². The van der Waals surface area contributed by atoms with E-state index in [4.69, 9.17) is 4.52 Å². The molecule has 0 bridgehead atoms. The molecule has 7 heteroatoms. The van der Waals surface area contributed by atoms with Gasteiger partial charge in [-0.15, -0.1) is 0 Å². The van der Waals surface area contributed by atoms with E-state index in [9.17, 15) is 9.59 Å². The molecule has 130 valence electrons. The third-order valence-electron chi connectivity index (χ3n) is 5.08. The summed E-state index contributed by atoms with van der Waals surface area (Å²) in [4.78, 5) is 30.3. The van der Waals surface area contributed by atoms with Crippen molar-refractivity contribution in [3.05, 3.63) is 35.7 Å². The lowest BCUT2D eigenvalue weighted by molar-refractivity contribution is -0.132. The predicted molar refractivity (Wildman–Crippen MR) is 89.3 cm³/mol. The minimum atomic E-state index is -0.796. The summed E-state index contributed by atoms with van der Waals surface area (Å²) in [6.07, 6.45) is 2.90. The average molecular weight is 340 g/mol. The van der Waals surface area contributed by atoms with Crippen molar-refractivity contribution in [2.45, 2.75) is 45.2 Å². The van der Waals surface area contributed by atoms with Crippen LogP contribution in [0.4, 0.5) is 4.79 Å². The second-order valence-electron chi connectivity index (χ2n) is 6.86. The molecule has 25 heavy (non-hydrogen) atoms. The van der Waals surface area contributed by atoms with Crippen LogP contribution in [0.1, 0.15) is 38.1 Å². The Morgan fingerprint density at radius 3 is 2.64 bits per heavy atom. The lowest BCUT2D eigenvalue weighted by atomic mass is 9.96. The molecule has 0 radical (unpaired) electrons. The number of benzene rings is 1. The van der Waals surface area contributed by atoms with Crippen molar-refractivity contribution in [2.24, 2.45) is 5.92 Å². The van der Waals surface area contributed by atoms with Crippen molar-refractivity contribution in [1.82, 2.24) is 20.4 Å². The molecule has 1 saturated carbocycles. The molecule has 2 heterocycles. The Morgan fingerprint density at radius 1 is 1.28 bits per heavy atom. The Hall–Kier alpha value is -2.70. The van der Waals surface area contributed by atoms with Gasteiger partial charge < -0.3 is 9.84 Å². The van der Waals surface area contributed by atoms with E-state index in [0.717, 1.165) is 29.7 Å². The zero-order valence-corrected chi connectivity index (χ0v) is 14.3. The van der Waals surface area contributed by atoms with E-state index in [1.54, 1.807) is 6.92 Å². The molecule has 1 atom stereocenters. The minimum absolute atomic E-state index is 0.00692. The van der Waals surface area contributed by atoms with Crippen molar-refractivity contribution in [2.75, 3.05) is 0 Å². The van der Waals surface area contributed by atoms with Crippen molar-refractivity contribution in [3.63, 3.8) is 0 Å². The van der Waals surface area contributed by atoms with Crippen molar-refractivity contribution < 1.29 is 14.1 Å². The molecule has 1 aromatic heterocycles. The molecule has 7 nitrogen and oxygen atoms in total. The van der Waals surface area contributed by atoms with E-state index in [1.807, 2.05) is 24.3 Å². The number of urea groups is 1. The summed E-state index contributed by atoms with van der Waals surface area (Å²) in [5.74, 6) is 0.712. The first-order valence-electron chi connectivity index (χ1n) is 8.57. The number of nitrogens with one attached hydrogen (secondary N) is 1. The van der Waals surface area contributed by atoms with Crippen LogP contribution < -0.4 is 5.32 Å². The second-order valence-corrected chi connectivity index (χ2v) is 6.86. The molecule has 1 aliphatic heterocycles. The summed E-state index contributed by atoms with van der Waals surface area (Å²) < 4.78 is 5.24. The normalized spacial score (nSPS) is 23.2. The molecule has 4 rings (SSSR count). The molecule has 1 N–H and O–H groups in total. The van der Waals surface area contributed by atoms with Gasteiger partial charge in [0, 0.05) is 5.56 Å². The number of imide groups is 1. The number of carbonyl (C=O) groups excluding carboxylic acids is 2. The lowest BCUT2D eigenvalue weighted by Gasteiger charge is -2.20. The first kappa shape index (κ1) is 15.8. The molecular formula is C18H20N4O3. The lowest BCUT2D eigenvalue weighted by Crippen LogP contribution is -2.46. The smallest absolute Gasteiger partial charge is 0.325 e. The number of carbonyl (C=O) groups is 2. The van der Waals surface area contributed by atoms with Crippen LogP contribution in [-0.4, -0.2) is 32.5 Å². The average Bonchev–Trinajstić information content (AvgIpc) is 3.34. The van der Waals surface area contributed by atoms with Crippen LogP contribution in [-0.2, 0) is 17.8 Å². The topological polar surface area (TPSA) is 88.3 Å². The largest absolute Gasteiger partial charge is 0.337 e. The Balaban J connectivity index is 1.51. The van der Waals surface area contributed by atoms with Gasteiger partial charge in [0.2, 0.25) is 11.7 Å². The van der Waals surface area contributed by atoms with E-state index in [0.29, 0.717) is 5.82 Å². The summed E-state index contributed by atoms with van der Waals surface area (Å²) in [5.41, 5.74) is 1.27. The summed E-state index contributed by atoms with van der Waals surface area (Å²) in [6, 6.07) is 7.51. The van der Waals surface area contributed by atoms with Crippen molar-refractivity contribution >= 4 is 11.9 Å². The Bertz CT molecular complexity index is 825. The first-order valence-corrected chi connectivity index (χ1v) is 8.57. The van der Waals surface area contributed by atoms with Crippen LogP contribution in [0, 0.1) is 5.92 Å². The highest BCUT2D eigenvalue weighted by Gasteiger charge is 2.56. The van der Waals surface area contributed by atoms with Gasteiger partial charge in [-0.1, -0.05) is 36.3 Å². The van der Waals surface area contributed by atoms with Crippen LogP contribution in [0.3, 0.4) is 0 Å². The highest BCUT2D eigenvalue weighted by Crippen LogP contribution is 2.42. The standard InChI is InChI=1S/C18H20N4O3/c1-3-11-4-6-12(7-5-11)15-19-14(25-21-15)10-22-16(23)18(2,13-8-9-13)20-17(22)24/h4-7,13H,3,8-10H2,1-2H3,(H,20,24)/t18-/m1/s1. The quantitative estimate of drug-likeness (QED) is 0.845. The number of nitrogens with zero attached hydrogens (tertiary/aromatic N) is 3. The first-order chi connectivity index (χ1) is 12.0. The summed E-state index contributed by atoms with van der Waals surface area (Å²) in [5, 5.41) is 6.77. The maximum Gasteiger partial charge on any atom is 0.325 e. The van der Waals surface area contributed by atoms with Crippen LogP contribution in [0.2, 0.25) is 0 Å². The van der Waals surface area contributed by atoms with Gasteiger partial charge in [-0.2, -0.15) is 4.98 Å². The van der Waals surface area contributed by atoms with Crippen molar-refractivity contribution in [3.8, 4) is 11.4 Å². The zero-order valence-electron chi connectivity index (χ0n) is 14.3. The third-order valence-corrected chi connectivity index (χ3v) is 5.08. The molecule has 1 saturated heterocycles. The molecule has 0 spiro atoms. The molecule has 2 fully saturated rings. The number of aryl methyl sites for hydroxylation is 1. The molecule has 1 aromatic carbocycles. The monoisotopic (exact) mass is 340 g/mol. The molecule has 3 amide bonds. The summed E-state index contributed by atoms with van der Waals surface area (Å²) in [7, 11) is 0. The maximum absolute atomic E-state index is 12.6. The van der Waals surface area contributed by atoms with Gasteiger partial charge in [0.1, 0.15) is 12.1 Å².